The van der Waals surface area contributed by atoms with Crippen LogP contribution in [0.1, 0.15) is 58.9 Å². The van der Waals surface area contributed by atoms with Gasteiger partial charge < -0.3 is 10.4 Å². The lowest BCUT2D eigenvalue weighted by Crippen LogP contribution is -2.10. The third-order valence-electron chi connectivity index (χ3n) is 4.58. The van der Waals surface area contributed by atoms with Gasteiger partial charge >= 0.3 is 0 Å². The molecule has 0 saturated heterocycles. The van der Waals surface area contributed by atoms with E-state index in [1.807, 2.05) is 94.4 Å². The van der Waals surface area contributed by atoms with E-state index in [0.717, 1.165) is 16.8 Å². The van der Waals surface area contributed by atoms with Crippen molar-refractivity contribution in [2.45, 2.75) is 47.6 Å². The van der Waals surface area contributed by atoms with Gasteiger partial charge in [-0.2, -0.15) is 0 Å². The summed E-state index contributed by atoms with van der Waals surface area (Å²) >= 11 is 0. The maximum atomic E-state index is 10.8. The number of allylic oxidation sites excluding steroid dienone is 6. The van der Waals surface area contributed by atoms with E-state index in [2.05, 4.69) is 54.4 Å². The van der Waals surface area contributed by atoms with Crippen molar-refractivity contribution in [3.05, 3.63) is 126 Å². The molecule has 2 N–H and O–H groups in total. The lowest BCUT2D eigenvalue weighted by molar-refractivity contribution is 0.216. The number of hydrogen-bond donors (Lipinski definition) is 2. The fourth-order valence-electron chi connectivity index (χ4n) is 2.80. The summed E-state index contributed by atoms with van der Waals surface area (Å²) in [7, 11) is 0. The summed E-state index contributed by atoms with van der Waals surface area (Å²) in [6, 6.07) is 19.2. The molecule has 4 heteroatoms. The van der Waals surface area contributed by atoms with E-state index in [4.69, 9.17) is 0 Å². The molecule has 0 aliphatic heterocycles. The molecule has 0 spiro atoms. The van der Waals surface area contributed by atoms with Crippen molar-refractivity contribution in [3.8, 4) is 11.3 Å². The van der Waals surface area contributed by atoms with Gasteiger partial charge in [0.15, 0.2) is 5.82 Å². The molecule has 1 heterocycles. The third-order valence-corrected chi connectivity index (χ3v) is 4.58. The van der Waals surface area contributed by atoms with Crippen LogP contribution in [0.2, 0.25) is 0 Å². The van der Waals surface area contributed by atoms with Crippen LogP contribution >= 0.6 is 0 Å². The molecule has 0 fully saturated rings. The summed E-state index contributed by atoms with van der Waals surface area (Å²) in [5.41, 5.74) is 6.17. The largest absolute Gasteiger partial charge is 0.382 e. The summed E-state index contributed by atoms with van der Waals surface area (Å²) < 4.78 is 0. The number of rotatable bonds is 7. The van der Waals surface area contributed by atoms with Gasteiger partial charge in [0.2, 0.25) is 0 Å². The Morgan fingerprint density at radius 3 is 2.00 bits per heavy atom. The van der Waals surface area contributed by atoms with Gasteiger partial charge in [-0.25, -0.2) is 9.97 Å². The highest BCUT2D eigenvalue weighted by Gasteiger charge is 2.19. The van der Waals surface area contributed by atoms with Gasteiger partial charge in [0.1, 0.15) is 11.8 Å². The Kier molecular flexibility index (Phi) is 13.4. The lowest BCUT2D eigenvalue weighted by atomic mass is 10.1. The molecule has 3 rings (SSSR count). The monoisotopic (exact) mass is 469 g/mol. The number of aliphatic hydroxyl groups excluding tert-OH is 1. The van der Waals surface area contributed by atoms with E-state index in [1.165, 1.54) is 11.1 Å². The van der Waals surface area contributed by atoms with Crippen LogP contribution in [0.15, 0.2) is 115 Å². The molecule has 1 unspecified atom stereocenters. The number of nitrogens with zero attached hydrogens (tertiary/aromatic N) is 2. The van der Waals surface area contributed by atoms with Crippen LogP contribution in [0.3, 0.4) is 0 Å². The number of aliphatic hydroxyl groups is 1. The second-order valence-electron chi connectivity index (χ2n) is 7.93. The van der Waals surface area contributed by atoms with Crippen molar-refractivity contribution >= 4 is 5.82 Å². The Hall–Kier alpha value is -3.76. The van der Waals surface area contributed by atoms with E-state index in [-0.39, 0.29) is 0 Å². The number of anilines is 1. The van der Waals surface area contributed by atoms with Gasteiger partial charge in [-0.15, -0.1) is 0 Å². The molecular formula is C31H39N3O. The highest BCUT2D eigenvalue weighted by atomic mass is 16.3. The normalized spacial score (nSPS) is 11.0. The van der Waals surface area contributed by atoms with Crippen molar-refractivity contribution in [3.63, 3.8) is 0 Å². The zero-order chi connectivity index (χ0) is 26.2. The van der Waals surface area contributed by atoms with Crippen molar-refractivity contribution in [2.75, 3.05) is 5.32 Å². The van der Waals surface area contributed by atoms with E-state index in [0.29, 0.717) is 17.2 Å². The van der Waals surface area contributed by atoms with Crippen molar-refractivity contribution < 1.29 is 5.11 Å². The number of benzene rings is 2. The van der Waals surface area contributed by atoms with E-state index < -0.39 is 6.10 Å². The molecule has 0 aliphatic carbocycles. The van der Waals surface area contributed by atoms with E-state index >= 15 is 0 Å². The first-order valence-electron chi connectivity index (χ1n) is 11.8. The van der Waals surface area contributed by atoms with Gasteiger partial charge in [-0.3, -0.25) is 0 Å². The molecule has 0 bridgehead atoms. The number of nitrogens with one attached hydrogen (secondary N) is 1. The average Bonchev–Trinajstić information content (AvgIpc) is 2.89. The van der Waals surface area contributed by atoms with Crippen LogP contribution in [0.25, 0.3) is 11.3 Å². The third kappa shape index (κ3) is 10.4. The van der Waals surface area contributed by atoms with Gasteiger partial charge in [-0.1, -0.05) is 117 Å². The molecule has 1 aromatic heterocycles. The Morgan fingerprint density at radius 1 is 0.914 bits per heavy atom. The lowest BCUT2D eigenvalue weighted by Gasteiger charge is -2.16. The SMILES string of the molecule is C=C(C)Nc1ncc(-c2ccccc2)nc1C(O)c1ccccc1.C=C/C(C)=C\C=C(C)C.CC. The topological polar surface area (TPSA) is 58.0 Å². The van der Waals surface area contributed by atoms with Crippen LogP contribution in [-0.4, -0.2) is 15.1 Å². The smallest absolute Gasteiger partial charge is 0.154 e. The molecule has 2 aromatic carbocycles. The van der Waals surface area contributed by atoms with Crippen LogP contribution < -0.4 is 5.32 Å². The van der Waals surface area contributed by atoms with Crippen LogP contribution in [0, 0.1) is 0 Å². The van der Waals surface area contributed by atoms with Crippen molar-refractivity contribution in [1.29, 1.82) is 0 Å². The van der Waals surface area contributed by atoms with Crippen LogP contribution in [0.4, 0.5) is 5.82 Å². The van der Waals surface area contributed by atoms with Crippen molar-refractivity contribution in [1.82, 2.24) is 9.97 Å². The quantitative estimate of drug-likeness (QED) is 0.342. The number of hydrogen-bond acceptors (Lipinski definition) is 4. The minimum absolute atomic E-state index is 0.477. The van der Waals surface area contributed by atoms with Gasteiger partial charge in [0, 0.05) is 11.3 Å². The van der Waals surface area contributed by atoms with Gasteiger partial charge in [0.25, 0.3) is 0 Å². The first-order valence-corrected chi connectivity index (χ1v) is 11.8. The summed E-state index contributed by atoms with van der Waals surface area (Å²) in [5.74, 6) is 0.513. The second kappa shape index (κ2) is 16.0. The Morgan fingerprint density at radius 2 is 1.49 bits per heavy atom. The minimum atomic E-state index is -0.871. The zero-order valence-electron chi connectivity index (χ0n) is 21.9. The minimum Gasteiger partial charge on any atom is -0.382 e. The maximum Gasteiger partial charge on any atom is 0.154 e. The maximum absolute atomic E-state index is 10.8. The second-order valence-corrected chi connectivity index (χ2v) is 7.93. The molecule has 184 valence electrons. The van der Waals surface area contributed by atoms with Gasteiger partial charge in [0.05, 0.1) is 11.9 Å². The molecule has 3 aromatic rings. The summed E-state index contributed by atoms with van der Waals surface area (Å²) in [5, 5.41) is 13.9. The number of aromatic nitrogens is 2. The zero-order valence-corrected chi connectivity index (χ0v) is 21.9. The molecule has 0 amide bonds. The predicted octanol–water partition coefficient (Wildman–Crippen LogP) is 8.28. The molecule has 0 radical (unpaired) electrons. The highest BCUT2D eigenvalue weighted by Crippen LogP contribution is 2.28. The van der Waals surface area contributed by atoms with E-state index in [1.54, 1.807) is 6.20 Å². The Bertz CT molecular complexity index is 1110. The molecule has 1 atom stereocenters. The van der Waals surface area contributed by atoms with E-state index in [9.17, 15) is 5.11 Å². The summed E-state index contributed by atoms with van der Waals surface area (Å²) in [6.07, 6.45) is 6.81. The highest BCUT2D eigenvalue weighted by molar-refractivity contribution is 5.61. The summed E-state index contributed by atoms with van der Waals surface area (Å²) in [6.45, 7) is 19.5. The molecule has 35 heavy (non-hydrogen) atoms. The molecule has 0 aliphatic rings. The fourth-order valence-corrected chi connectivity index (χ4v) is 2.80. The van der Waals surface area contributed by atoms with Crippen LogP contribution in [0.5, 0.6) is 0 Å². The molecular weight excluding hydrogens is 430 g/mol. The molecule has 0 saturated carbocycles. The Balaban J connectivity index is 0.000000473. The Labute approximate surface area is 211 Å². The fraction of sp³-hybridized carbons (Fsp3) is 0.226. The molecule has 4 nitrogen and oxygen atoms in total. The van der Waals surface area contributed by atoms with Crippen molar-refractivity contribution in [2.24, 2.45) is 0 Å². The first-order chi connectivity index (χ1) is 16.8. The standard InChI is InChI=1S/C20H19N3O.C9H14.C2H6/c1-14(2)22-20-18(19(24)16-11-7-4-8-12-16)23-17(13-21-20)15-9-5-3-6-10-15;1-5-9(4)7-6-8(2)3;1-2/h3-13,19,24H,1H2,2H3,(H,21,22);5-7H,1H2,2-4H3;1-2H3/b;9-7-;. The average molecular weight is 470 g/mol. The predicted molar refractivity (Wildman–Crippen MR) is 151 cm³/mol. The van der Waals surface area contributed by atoms with Crippen LogP contribution in [-0.2, 0) is 0 Å². The van der Waals surface area contributed by atoms with Gasteiger partial charge in [-0.05, 0) is 33.3 Å². The summed E-state index contributed by atoms with van der Waals surface area (Å²) in [4.78, 5) is 9.10. The first kappa shape index (κ1) is 29.3.